The lowest BCUT2D eigenvalue weighted by Crippen LogP contribution is -2.44. The SMILES string of the molecule is CCNC(=NCCc1ncc(CC)s1)NC1CC(=O)N(c2ccccc2)C1. The van der Waals surface area contributed by atoms with Gasteiger partial charge < -0.3 is 15.5 Å². The van der Waals surface area contributed by atoms with Gasteiger partial charge in [-0.15, -0.1) is 11.3 Å². The number of para-hydroxylation sites is 1. The van der Waals surface area contributed by atoms with Gasteiger partial charge in [-0.2, -0.15) is 0 Å². The number of hydrogen-bond donors (Lipinski definition) is 2. The molecule has 6 nitrogen and oxygen atoms in total. The Morgan fingerprint density at radius 1 is 1.33 bits per heavy atom. The van der Waals surface area contributed by atoms with Crippen LogP contribution in [0.15, 0.2) is 41.5 Å². The molecule has 0 spiro atoms. The third-order valence-electron chi connectivity index (χ3n) is 4.42. The van der Waals surface area contributed by atoms with Gasteiger partial charge in [-0.3, -0.25) is 9.79 Å². The predicted octanol–water partition coefficient (Wildman–Crippen LogP) is 2.61. The first-order valence-corrected chi connectivity index (χ1v) is 10.3. The normalized spacial score (nSPS) is 17.4. The molecule has 1 amide bonds. The Morgan fingerprint density at radius 2 is 2.15 bits per heavy atom. The number of guanidine groups is 1. The number of thiazole rings is 1. The highest BCUT2D eigenvalue weighted by atomic mass is 32.1. The number of aromatic nitrogens is 1. The molecule has 1 saturated heterocycles. The Hall–Kier alpha value is -2.41. The molecule has 1 aliphatic rings. The molecule has 2 N–H and O–H groups in total. The number of carbonyl (C=O) groups excluding carboxylic acids is 1. The predicted molar refractivity (Wildman–Crippen MR) is 112 cm³/mol. The van der Waals surface area contributed by atoms with E-state index in [9.17, 15) is 4.79 Å². The summed E-state index contributed by atoms with van der Waals surface area (Å²) < 4.78 is 0. The smallest absolute Gasteiger partial charge is 0.229 e. The first-order valence-electron chi connectivity index (χ1n) is 9.53. The topological polar surface area (TPSA) is 69.6 Å². The van der Waals surface area contributed by atoms with E-state index in [0.29, 0.717) is 19.5 Å². The van der Waals surface area contributed by atoms with Crippen LogP contribution in [0.1, 0.15) is 30.2 Å². The zero-order valence-corrected chi connectivity index (χ0v) is 16.8. The van der Waals surface area contributed by atoms with E-state index in [1.807, 2.05) is 48.4 Å². The summed E-state index contributed by atoms with van der Waals surface area (Å²) >= 11 is 1.76. The second-order valence-corrected chi connectivity index (χ2v) is 7.67. The van der Waals surface area contributed by atoms with E-state index >= 15 is 0 Å². The van der Waals surface area contributed by atoms with E-state index in [2.05, 4.69) is 27.5 Å². The van der Waals surface area contributed by atoms with Gasteiger partial charge in [0.25, 0.3) is 0 Å². The molecular weight excluding hydrogens is 358 g/mol. The molecule has 2 heterocycles. The number of hydrogen-bond acceptors (Lipinski definition) is 4. The fourth-order valence-electron chi connectivity index (χ4n) is 3.07. The van der Waals surface area contributed by atoms with Crippen molar-refractivity contribution >= 4 is 28.9 Å². The maximum Gasteiger partial charge on any atom is 0.229 e. The monoisotopic (exact) mass is 385 g/mol. The van der Waals surface area contributed by atoms with E-state index < -0.39 is 0 Å². The number of benzene rings is 1. The largest absolute Gasteiger partial charge is 0.357 e. The average molecular weight is 386 g/mol. The fraction of sp³-hybridized carbons (Fsp3) is 0.450. The first kappa shape index (κ1) is 19.4. The minimum absolute atomic E-state index is 0.0575. The summed E-state index contributed by atoms with van der Waals surface area (Å²) in [5.74, 6) is 0.905. The summed E-state index contributed by atoms with van der Waals surface area (Å²) in [6, 6.07) is 9.87. The second kappa shape index (κ2) is 9.50. The molecule has 1 unspecified atom stereocenters. The van der Waals surface area contributed by atoms with Crippen LogP contribution in [0, 0.1) is 0 Å². The molecule has 2 aromatic rings. The highest BCUT2D eigenvalue weighted by Crippen LogP contribution is 2.21. The fourth-order valence-corrected chi connectivity index (χ4v) is 3.92. The number of aliphatic imine (C=N–C) groups is 1. The Kier molecular flexibility index (Phi) is 6.81. The molecular formula is C20H27N5OS. The summed E-state index contributed by atoms with van der Waals surface area (Å²) in [6.07, 6.45) is 4.29. The van der Waals surface area contributed by atoms with Crippen LogP contribution in [0.2, 0.25) is 0 Å². The van der Waals surface area contributed by atoms with Crippen molar-refractivity contribution in [2.45, 2.75) is 39.2 Å². The lowest BCUT2D eigenvalue weighted by Gasteiger charge is -2.19. The molecule has 1 aromatic carbocycles. The van der Waals surface area contributed by atoms with E-state index in [1.165, 1.54) is 4.88 Å². The third kappa shape index (κ3) is 5.29. The van der Waals surface area contributed by atoms with Crippen molar-refractivity contribution in [3.63, 3.8) is 0 Å². The van der Waals surface area contributed by atoms with Gasteiger partial charge in [0, 0.05) is 49.2 Å². The minimum atomic E-state index is 0.0575. The molecule has 144 valence electrons. The van der Waals surface area contributed by atoms with Crippen LogP contribution in [0.25, 0.3) is 0 Å². The summed E-state index contributed by atoms with van der Waals surface area (Å²) in [5.41, 5.74) is 0.948. The van der Waals surface area contributed by atoms with Gasteiger partial charge in [0.15, 0.2) is 5.96 Å². The van der Waals surface area contributed by atoms with Crippen LogP contribution in [0.4, 0.5) is 5.69 Å². The van der Waals surface area contributed by atoms with Crippen LogP contribution < -0.4 is 15.5 Å². The van der Waals surface area contributed by atoms with Gasteiger partial charge >= 0.3 is 0 Å². The van der Waals surface area contributed by atoms with Gasteiger partial charge in [0.1, 0.15) is 0 Å². The molecule has 0 saturated carbocycles. The quantitative estimate of drug-likeness (QED) is 0.568. The lowest BCUT2D eigenvalue weighted by atomic mass is 10.2. The van der Waals surface area contributed by atoms with E-state index in [0.717, 1.165) is 36.0 Å². The van der Waals surface area contributed by atoms with Gasteiger partial charge in [-0.05, 0) is 25.5 Å². The Labute approximate surface area is 164 Å². The average Bonchev–Trinajstić information content (AvgIpc) is 3.29. The van der Waals surface area contributed by atoms with Crippen LogP contribution in [-0.2, 0) is 17.6 Å². The van der Waals surface area contributed by atoms with E-state index in [-0.39, 0.29) is 11.9 Å². The van der Waals surface area contributed by atoms with E-state index in [4.69, 9.17) is 0 Å². The molecule has 0 bridgehead atoms. The number of anilines is 1. The highest BCUT2D eigenvalue weighted by Gasteiger charge is 2.31. The highest BCUT2D eigenvalue weighted by molar-refractivity contribution is 7.11. The Balaban J connectivity index is 1.56. The first-order chi connectivity index (χ1) is 13.2. The maximum absolute atomic E-state index is 12.4. The molecule has 7 heteroatoms. The lowest BCUT2D eigenvalue weighted by molar-refractivity contribution is -0.117. The van der Waals surface area contributed by atoms with Crippen molar-refractivity contribution in [1.29, 1.82) is 0 Å². The molecule has 1 fully saturated rings. The summed E-state index contributed by atoms with van der Waals surface area (Å²) in [4.78, 5) is 24.6. The number of rotatable bonds is 7. The molecule has 27 heavy (non-hydrogen) atoms. The zero-order valence-electron chi connectivity index (χ0n) is 15.9. The van der Waals surface area contributed by atoms with Crippen molar-refractivity contribution in [1.82, 2.24) is 15.6 Å². The molecule has 0 radical (unpaired) electrons. The third-order valence-corrected chi connectivity index (χ3v) is 5.62. The molecule has 1 aromatic heterocycles. The summed E-state index contributed by atoms with van der Waals surface area (Å²) in [5, 5.41) is 7.81. The molecule has 3 rings (SSSR count). The van der Waals surface area contributed by atoms with E-state index in [1.54, 1.807) is 11.3 Å². The van der Waals surface area contributed by atoms with Gasteiger partial charge in [-0.1, -0.05) is 25.1 Å². The zero-order chi connectivity index (χ0) is 19.1. The summed E-state index contributed by atoms with van der Waals surface area (Å²) in [7, 11) is 0. The van der Waals surface area contributed by atoms with Gasteiger partial charge in [-0.25, -0.2) is 4.98 Å². The van der Waals surface area contributed by atoms with Crippen LogP contribution in [-0.4, -0.2) is 42.5 Å². The number of amides is 1. The van der Waals surface area contributed by atoms with Crippen molar-refractivity contribution in [3.8, 4) is 0 Å². The van der Waals surface area contributed by atoms with Crippen LogP contribution in [0.3, 0.4) is 0 Å². The van der Waals surface area contributed by atoms with Crippen molar-refractivity contribution in [3.05, 3.63) is 46.4 Å². The molecule has 0 aliphatic carbocycles. The van der Waals surface area contributed by atoms with Crippen LogP contribution >= 0.6 is 11.3 Å². The number of nitrogens with zero attached hydrogens (tertiary/aromatic N) is 3. The van der Waals surface area contributed by atoms with Crippen LogP contribution in [0.5, 0.6) is 0 Å². The standard InChI is InChI=1S/C20H27N5OS/c1-3-17-13-23-18(27-17)10-11-22-20(21-4-2)24-15-12-19(26)25(14-15)16-8-6-5-7-9-16/h5-9,13,15H,3-4,10-12,14H2,1-2H3,(H2,21,22,24). The second-order valence-electron chi connectivity index (χ2n) is 6.47. The number of aryl methyl sites for hydroxylation is 1. The Bertz CT molecular complexity index is 774. The van der Waals surface area contributed by atoms with Gasteiger partial charge in [0.2, 0.25) is 5.91 Å². The molecule has 1 aliphatic heterocycles. The molecule has 1 atom stereocenters. The number of carbonyl (C=O) groups is 1. The van der Waals surface area contributed by atoms with Crippen molar-refractivity contribution in [2.75, 3.05) is 24.5 Å². The maximum atomic E-state index is 12.4. The van der Waals surface area contributed by atoms with Crippen molar-refractivity contribution < 1.29 is 4.79 Å². The van der Waals surface area contributed by atoms with Gasteiger partial charge in [0.05, 0.1) is 11.0 Å². The van der Waals surface area contributed by atoms with Crippen molar-refractivity contribution in [2.24, 2.45) is 4.99 Å². The number of nitrogens with one attached hydrogen (secondary N) is 2. The Morgan fingerprint density at radius 3 is 2.85 bits per heavy atom. The summed E-state index contributed by atoms with van der Waals surface area (Å²) in [6.45, 7) is 6.30. The minimum Gasteiger partial charge on any atom is -0.357 e.